The van der Waals surface area contributed by atoms with E-state index in [4.69, 9.17) is 0 Å². The van der Waals surface area contributed by atoms with E-state index in [0.29, 0.717) is 5.92 Å². The van der Waals surface area contributed by atoms with Crippen LogP contribution in [0.1, 0.15) is 42.7 Å². The van der Waals surface area contributed by atoms with Crippen LogP contribution < -0.4 is 0 Å². The number of aliphatic hydroxyl groups is 1. The number of hydrogen-bond donors (Lipinski definition) is 1. The molecule has 2 aliphatic rings. The van der Waals surface area contributed by atoms with Crippen molar-refractivity contribution in [1.82, 2.24) is 0 Å². The Morgan fingerprint density at radius 2 is 1.30 bits per heavy atom. The quantitative estimate of drug-likeness (QED) is 0.855. The van der Waals surface area contributed by atoms with Gasteiger partial charge in [-0.2, -0.15) is 0 Å². The minimum absolute atomic E-state index is 0.172. The summed E-state index contributed by atoms with van der Waals surface area (Å²) in [5, 5.41) is 10.9. The van der Waals surface area contributed by atoms with Crippen molar-refractivity contribution < 1.29 is 5.11 Å². The highest BCUT2D eigenvalue weighted by atomic mass is 16.3. The van der Waals surface area contributed by atoms with E-state index in [0.717, 1.165) is 0 Å². The number of aliphatic hydroxyl groups excluding tert-OH is 1. The molecule has 2 aromatic rings. The molecule has 0 amide bonds. The van der Waals surface area contributed by atoms with Gasteiger partial charge in [0.1, 0.15) is 0 Å². The molecule has 0 spiro atoms. The minimum Gasteiger partial charge on any atom is -0.392 e. The monoisotopic (exact) mass is 264 g/mol. The predicted molar refractivity (Wildman–Crippen MR) is 81.7 cm³/mol. The molecule has 102 valence electrons. The number of fused-ring (bicyclic) bond motifs is 3. The highest BCUT2D eigenvalue weighted by Gasteiger charge is 2.37. The first kappa shape index (κ1) is 12.2. The zero-order valence-corrected chi connectivity index (χ0v) is 11.6. The third-order valence-corrected chi connectivity index (χ3v) is 5.11. The SMILES string of the molecule is O[C@@H](C1CCCC1)C1c2ccccc2-c2ccccc21. The standard InChI is InChI=1S/C19H20O/c20-19(13-7-1-2-8-13)18-16-11-5-3-9-14(16)15-10-4-6-12-17(15)18/h3-6,9-13,18-20H,1-2,7-8H2/t19-/m0/s1. The van der Waals surface area contributed by atoms with Crippen LogP contribution in [0, 0.1) is 5.92 Å². The summed E-state index contributed by atoms with van der Waals surface area (Å²) >= 11 is 0. The van der Waals surface area contributed by atoms with Gasteiger partial charge in [0.2, 0.25) is 0 Å². The van der Waals surface area contributed by atoms with Gasteiger partial charge in [-0.15, -0.1) is 0 Å². The third kappa shape index (κ3) is 1.73. The van der Waals surface area contributed by atoms with Gasteiger partial charge in [-0.1, -0.05) is 61.4 Å². The molecule has 0 bridgehead atoms. The van der Waals surface area contributed by atoms with Crippen molar-refractivity contribution in [1.29, 1.82) is 0 Å². The van der Waals surface area contributed by atoms with Crippen molar-refractivity contribution >= 4 is 0 Å². The van der Waals surface area contributed by atoms with Crippen molar-refractivity contribution in [3.8, 4) is 11.1 Å². The lowest BCUT2D eigenvalue weighted by Crippen LogP contribution is -2.25. The molecule has 1 heteroatoms. The average molecular weight is 264 g/mol. The Labute approximate surface area is 120 Å². The summed E-state index contributed by atoms with van der Waals surface area (Å²) in [6.07, 6.45) is 4.68. The van der Waals surface area contributed by atoms with Gasteiger partial charge in [-0.25, -0.2) is 0 Å². The summed E-state index contributed by atoms with van der Waals surface area (Å²) in [5.74, 6) is 0.643. The van der Waals surface area contributed by atoms with E-state index >= 15 is 0 Å². The van der Waals surface area contributed by atoms with E-state index in [9.17, 15) is 5.11 Å². The van der Waals surface area contributed by atoms with Gasteiger partial charge in [0.25, 0.3) is 0 Å². The van der Waals surface area contributed by atoms with Crippen LogP contribution in [0.2, 0.25) is 0 Å². The Morgan fingerprint density at radius 1 is 0.800 bits per heavy atom. The summed E-state index contributed by atoms with van der Waals surface area (Å²) < 4.78 is 0. The third-order valence-electron chi connectivity index (χ3n) is 5.11. The van der Waals surface area contributed by atoms with Gasteiger partial charge in [0.15, 0.2) is 0 Å². The molecule has 0 unspecified atom stereocenters. The molecule has 2 aliphatic carbocycles. The Bertz CT molecular complexity index is 580. The molecule has 20 heavy (non-hydrogen) atoms. The van der Waals surface area contributed by atoms with E-state index in [-0.39, 0.29) is 12.0 Å². The maximum Gasteiger partial charge on any atom is 0.0677 e. The van der Waals surface area contributed by atoms with Crippen LogP contribution in [-0.2, 0) is 0 Å². The first-order chi connectivity index (χ1) is 9.86. The first-order valence-electron chi connectivity index (χ1n) is 7.72. The van der Waals surface area contributed by atoms with Crippen molar-refractivity contribution in [2.45, 2.75) is 37.7 Å². The Balaban J connectivity index is 1.82. The summed E-state index contributed by atoms with van der Waals surface area (Å²) in [5.41, 5.74) is 5.25. The second-order valence-electron chi connectivity index (χ2n) is 6.19. The number of benzene rings is 2. The van der Waals surface area contributed by atoms with Gasteiger partial charge >= 0.3 is 0 Å². The van der Waals surface area contributed by atoms with Gasteiger partial charge < -0.3 is 5.11 Å². The highest BCUT2D eigenvalue weighted by molar-refractivity contribution is 5.79. The van der Waals surface area contributed by atoms with Gasteiger partial charge in [-0.3, -0.25) is 0 Å². The molecule has 1 N–H and O–H groups in total. The van der Waals surface area contributed by atoms with Crippen LogP contribution in [0.3, 0.4) is 0 Å². The molecule has 1 nitrogen and oxygen atoms in total. The smallest absolute Gasteiger partial charge is 0.0677 e. The fourth-order valence-corrected chi connectivity index (χ4v) is 4.13. The summed E-state index contributed by atoms with van der Waals surface area (Å²) in [4.78, 5) is 0. The molecule has 0 radical (unpaired) electrons. The first-order valence-corrected chi connectivity index (χ1v) is 7.72. The second-order valence-corrected chi connectivity index (χ2v) is 6.19. The van der Waals surface area contributed by atoms with Crippen molar-refractivity contribution in [2.75, 3.05) is 0 Å². The lowest BCUT2D eigenvalue weighted by Gasteiger charge is -2.26. The van der Waals surface area contributed by atoms with Crippen LogP contribution in [0.5, 0.6) is 0 Å². The highest BCUT2D eigenvalue weighted by Crippen LogP contribution is 2.48. The van der Waals surface area contributed by atoms with Crippen LogP contribution in [-0.4, -0.2) is 11.2 Å². The lowest BCUT2D eigenvalue weighted by atomic mass is 9.83. The fourth-order valence-electron chi connectivity index (χ4n) is 4.13. The molecule has 0 aliphatic heterocycles. The number of rotatable bonds is 2. The van der Waals surface area contributed by atoms with Crippen LogP contribution in [0.25, 0.3) is 11.1 Å². The van der Waals surface area contributed by atoms with Gasteiger partial charge in [-0.05, 0) is 41.0 Å². The van der Waals surface area contributed by atoms with Crippen LogP contribution in [0.15, 0.2) is 48.5 Å². The lowest BCUT2D eigenvalue weighted by molar-refractivity contribution is 0.0957. The van der Waals surface area contributed by atoms with E-state index < -0.39 is 0 Å². The molecule has 0 aromatic heterocycles. The number of hydrogen-bond acceptors (Lipinski definition) is 1. The molecule has 1 atom stereocenters. The maximum absolute atomic E-state index is 10.9. The summed E-state index contributed by atoms with van der Waals surface area (Å²) in [6.45, 7) is 0. The van der Waals surface area contributed by atoms with Gasteiger partial charge in [0.05, 0.1) is 6.10 Å². The molecule has 0 saturated heterocycles. The molecule has 2 aromatic carbocycles. The zero-order chi connectivity index (χ0) is 13.5. The minimum atomic E-state index is -0.234. The molecular formula is C19H20O. The Kier molecular flexibility index (Phi) is 2.89. The summed E-state index contributed by atoms with van der Waals surface area (Å²) in [6, 6.07) is 17.2. The van der Waals surface area contributed by atoms with E-state index in [1.807, 2.05) is 0 Å². The molecule has 1 saturated carbocycles. The van der Waals surface area contributed by atoms with Crippen LogP contribution >= 0.6 is 0 Å². The van der Waals surface area contributed by atoms with E-state index in [1.165, 1.54) is 47.9 Å². The van der Waals surface area contributed by atoms with E-state index in [1.54, 1.807) is 0 Å². The normalized spacial score (nSPS) is 19.9. The Morgan fingerprint density at radius 3 is 1.85 bits per heavy atom. The second kappa shape index (κ2) is 4.75. The van der Waals surface area contributed by atoms with Crippen molar-refractivity contribution in [2.24, 2.45) is 5.92 Å². The van der Waals surface area contributed by atoms with Crippen LogP contribution in [0.4, 0.5) is 0 Å². The van der Waals surface area contributed by atoms with Gasteiger partial charge in [0, 0.05) is 5.92 Å². The topological polar surface area (TPSA) is 20.2 Å². The van der Waals surface area contributed by atoms with Crippen molar-refractivity contribution in [3.63, 3.8) is 0 Å². The Hall–Kier alpha value is -1.60. The molecular weight excluding hydrogens is 244 g/mol. The average Bonchev–Trinajstić information content (AvgIpc) is 3.13. The largest absolute Gasteiger partial charge is 0.392 e. The maximum atomic E-state index is 10.9. The summed E-state index contributed by atoms with van der Waals surface area (Å²) in [7, 11) is 0. The molecule has 4 rings (SSSR count). The van der Waals surface area contributed by atoms with E-state index in [2.05, 4.69) is 48.5 Å². The molecule has 1 fully saturated rings. The van der Waals surface area contributed by atoms with Crippen molar-refractivity contribution in [3.05, 3.63) is 59.7 Å². The fraction of sp³-hybridized carbons (Fsp3) is 0.368. The zero-order valence-electron chi connectivity index (χ0n) is 11.6. The predicted octanol–water partition coefficient (Wildman–Crippen LogP) is 4.35. The molecule has 0 heterocycles.